The summed E-state index contributed by atoms with van der Waals surface area (Å²) in [6.07, 6.45) is 3.80. The number of hydrogen-bond acceptors (Lipinski definition) is 2. The SMILES string of the molecule is CCOC(=O)c1c(C)cc(C)n1-n1cccc1. The van der Waals surface area contributed by atoms with Crippen LogP contribution in [0.25, 0.3) is 0 Å². The van der Waals surface area contributed by atoms with Gasteiger partial charge in [0.1, 0.15) is 0 Å². The molecule has 2 aromatic heterocycles. The first-order valence-corrected chi connectivity index (χ1v) is 5.64. The fourth-order valence-electron chi connectivity index (χ4n) is 1.99. The fraction of sp³-hybridized carbons (Fsp3) is 0.308. The lowest BCUT2D eigenvalue weighted by Gasteiger charge is -2.12. The molecule has 0 unspecified atom stereocenters. The summed E-state index contributed by atoms with van der Waals surface area (Å²) < 4.78 is 8.81. The summed E-state index contributed by atoms with van der Waals surface area (Å²) in [4.78, 5) is 11.9. The number of carbonyl (C=O) groups excluding carboxylic acids is 1. The Morgan fingerprint density at radius 2 is 1.94 bits per heavy atom. The van der Waals surface area contributed by atoms with E-state index in [1.807, 2.05) is 60.7 Å². The van der Waals surface area contributed by atoms with Gasteiger partial charge < -0.3 is 4.74 Å². The number of hydrogen-bond donors (Lipinski definition) is 0. The quantitative estimate of drug-likeness (QED) is 0.762. The van der Waals surface area contributed by atoms with Crippen molar-refractivity contribution in [3.8, 4) is 0 Å². The van der Waals surface area contributed by atoms with E-state index in [9.17, 15) is 4.79 Å². The third-order valence-electron chi connectivity index (χ3n) is 2.63. The summed E-state index contributed by atoms with van der Waals surface area (Å²) >= 11 is 0. The lowest BCUT2D eigenvalue weighted by molar-refractivity contribution is 0.0511. The molecule has 0 aromatic carbocycles. The molecular weight excluding hydrogens is 216 g/mol. The predicted octanol–water partition coefficient (Wildman–Crippen LogP) is 2.39. The Labute approximate surface area is 100 Å². The minimum atomic E-state index is -0.285. The molecular formula is C13H16N2O2. The summed E-state index contributed by atoms with van der Waals surface area (Å²) in [6.45, 7) is 6.08. The molecule has 0 saturated heterocycles. The van der Waals surface area contributed by atoms with Crippen molar-refractivity contribution in [1.82, 2.24) is 9.35 Å². The van der Waals surface area contributed by atoms with E-state index in [0.717, 1.165) is 11.3 Å². The van der Waals surface area contributed by atoms with Crippen LogP contribution in [0.3, 0.4) is 0 Å². The van der Waals surface area contributed by atoms with E-state index in [1.165, 1.54) is 0 Å². The summed E-state index contributed by atoms with van der Waals surface area (Å²) in [7, 11) is 0. The fourth-order valence-corrected chi connectivity index (χ4v) is 1.99. The molecule has 4 nitrogen and oxygen atoms in total. The van der Waals surface area contributed by atoms with Crippen molar-refractivity contribution in [3.05, 3.63) is 47.5 Å². The highest BCUT2D eigenvalue weighted by molar-refractivity contribution is 5.89. The van der Waals surface area contributed by atoms with E-state index in [0.29, 0.717) is 12.3 Å². The molecule has 0 spiro atoms. The van der Waals surface area contributed by atoms with E-state index in [-0.39, 0.29) is 5.97 Å². The second kappa shape index (κ2) is 4.49. The summed E-state index contributed by atoms with van der Waals surface area (Å²) in [6, 6.07) is 5.82. The van der Waals surface area contributed by atoms with Crippen LogP contribution < -0.4 is 0 Å². The molecule has 2 rings (SSSR count). The Kier molecular flexibility index (Phi) is 3.04. The molecule has 2 aromatic rings. The van der Waals surface area contributed by atoms with E-state index in [1.54, 1.807) is 0 Å². The smallest absolute Gasteiger partial charge is 0.357 e. The van der Waals surface area contributed by atoms with Gasteiger partial charge in [-0.15, -0.1) is 0 Å². The number of aromatic nitrogens is 2. The molecule has 0 aliphatic rings. The van der Waals surface area contributed by atoms with Crippen LogP contribution in [0.4, 0.5) is 0 Å². The van der Waals surface area contributed by atoms with Crippen LogP contribution in [0.1, 0.15) is 28.7 Å². The number of aryl methyl sites for hydroxylation is 2. The largest absolute Gasteiger partial charge is 0.461 e. The first-order valence-electron chi connectivity index (χ1n) is 5.64. The summed E-state index contributed by atoms with van der Waals surface area (Å²) in [5.74, 6) is -0.285. The minimum Gasteiger partial charge on any atom is -0.461 e. The van der Waals surface area contributed by atoms with Gasteiger partial charge in [0, 0.05) is 18.1 Å². The first-order chi connectivity index (χ1) is 8.15. The Morgan fingerprint density at radius 3 is 2.53 bits per heavy atom. The van der Waals surface area contributed by atoms with Crippen LogP contribution in [0.5, 0.6) is 0 Å². The van der Waals surface area contributed by atoms with E-state index < -0.39 is 0 Å². The second-order valence-corrected chi connectivity index (χ2v) is 3.91. The van der Waals surface area contributed by atoms with Crippen molar-refractivity contribution in [2.24, 2.45) is 0 Å². The molecule has 2 heterocycles. The van der Waals surface area contributed by atoms with Gasteiger partial charge in [-0.3, -0.25) is 4.68 Å². The van der Waals surface area contributed by atoms with Gasteiger partial charge in [0.05, 0.1) is 6.61 Å². The van der Waals surface area contributed by atoms with Crippen LogP contribution in [0, 0.1) is 13.8 Å². The Balaban J connectivity index is 2.55. The molecule has 0 saturated carbocycles. The summed E-state index contributed by atoms with van der Waals surface area (Å²) in [5.41, 5.74) is 2.51. The number of ether oxygens (including phenoxy) is 1. The van der Waals surface area contributed by atoms with Crippen LogP contribution in [-0.4, -0.2) is 21.9 Å². The maximum atomic E-state index is 11.9. The van der Waals surface area contributed by atoms with Crippen LogP contribution in [0.15, 0.2) is 30.6 Å². The molecule has 17 heavy (non-hydrogen) atoms. The molecule has 0 aliphatic carbocycles. The van der Waals surface area contributed by atoms with Gasteiger partial charge in [-0.25, -0.2) is 9.47 Å². The van der Waals surface area contributed by atoms with Crippen molar-refractivity contribution in [1.29, 1.82) is 0 Å². The highest BCUT2D eigenvalue weighted by Crippen LogP contribution is 2.16. The first kappa shape index (κ1) is 11.5. The maximum absolute atomic E-state index is 11.9. The molecule has 0 N–H and O–H groups in total. The molecule has 90 valence electrons. The molecule has 0 aliphatic heterocycles. The number of carbonyl (C=O) groups is 1. The van der Waals surface area contributed by atoms with Gasteiger partial charge in [-0.2, -0.15) is 0 Å². The zero-order chi connectivity index (χ0) is 12.4. The van der Waals surface area contributed by atoms with Crippen LogP contribution in [0.2, 0.25) is 0 Å². The topological polar surface area (TPSA) is 36.2 Å². The predicted molar refractivity (Wildman–Crippen MR) is 65.1 cm³/mol. The average molecular weight is 232 g/mol. The highest BCUT2D eigenvalue weighted by Gasteiger charge is 2.19. The van der Waals surface area contributed by atoms with E-state index >= 15 is 0 Å². The van der Waals surface area contributed by atoms with Gasteiger partial charge in [0.25, 0.3) is 0 Å². The third kappa shape index (κ3) is 1.98. The van der Waals surface area contributed by atoms with Gasteiger partial charge >= 0.3 is 5.97 Å². The van der Waals surface area contributed by atoms with Crippen molar-refractivity contribution >= 4 is 5.97 Å². The molecule has 0 atom stereocenters. The summed E-state index contributed by atoms with van der Waals surface area (Å²) in [5, 5.41) is 0. The molecule has 0 fully saturated rings. The molecule has 0 bridgehead atoms. The van der Waals surface area contributed by atoms with Gasteiger partial charge in [0.15, 0.2) is 5.69 Å². The Bertz CT molecular complexity index is 524. The molecule has 4 heteroatoms. The van der Waals surface area contributed by atoms with Gasteiger partial charge in [-0.05, 0) is 44.5 Å². The van der Waals surface area contributed by atoms with Crippen molar-refractivity contribution in [2.75, 3.05) is 6.61 Å². The number of esters is 1. The zero-order valence-electron chi connectivity index (χ0n) is 10.3. The standard InChI is InChI=1S/C13H16N2O2/c1-4-17-13(16)12-10(2)9-11(3)15(12)14-7-5-6-8-14/h5-9H,4H2,1-3H3. The Morgan fingerprint density at radius 1 is 1.29 bits per heavy atom. The Hall–Kier alpha value is -1.97. The van der Waals surface area contributed by atoms with E-state index in [4.69, 9.17) is 4.74 Å². The lowest BCUT2D eigenvalue weighted by Crippen LogP contribution is -2.18. The highest BCUT2D eigenvalue weighted by atomic mass is 16.5. The lowest BCUT2D eigenvalue weighted by atomic mass is 10.2. The van der Waals surface area contributed by atoms with Crippen LogP contribution >= 0.6 is 0 Å². The molecule has 0 amide bonds. The second-order valence-electron chi connectivity index (χ2n) is 3.91. The van der Waals surface area contributed by atoms with Gasteiger partial charge in [-0.1, -0.05) is 0 Å². The van der Waals surface area contributed by atoms with Crippen LogP contribution in [-0.2, 0) is 4.74 Å². The van der Waals surface area contributed by atoms with Crippen molar-refractivity contribution < 1.29 is 9.53 Å². The zero-order valence-corrected chi connectivity index (χ0v) is 10.3. The van der Waals surface area contributed by atoms with Crippen molar-refractivity contribution in [3.63, 3.8) is 0 Å². The third-order valence-corrected chi connectivity index (χ3v) is 2.63. The number of nitrogens with zero attached hydrogens (tertiary/aromatic N) is 2. The average Bonchev–Trinajstić information content (AvgIpc) is 2.85. The molecule has 0 radical (unpaired) electrons. The monoisotopic (exact) mass is 232 g/mol. The van der Waals surface area contributed by atoms with Gasteiger partial charge in [0.2, 0.25) is 0 Å². The maximum Gasteiger partial charge on any atom is 0.357 e. The number of rotatable bonds is 3. The van der Waals surface area contributed by atoms with Crippen molar-refractivity contribution in [2.45, 2.75) is 20.8 Å². The van der Waals surface area contributed by atoms with E-state index in [2.05, 4.69) is 0 Å². The normalized spacial score (nSPS) is 10.5. The minimum absolute atomic E-state index is 0.285.